The fraction of sp³-hybridized carbons (Fsp3) is 1.00. The molecule has 0 aliphatic heterocycles. The third kappa shape index (κ3) is 5.60. The van der Waals surface area contributed by atoms with Crippen molar-refractivity contribution in [3.05, 3.63) is 0 Å². The Labute approximate surface area is 250 Å². The zero-order valence-electron chi connectivity index (χ0n) is 21.2. The van der Waals surface area contributed by atoms with E-state index >= 15 is 0 Å². The largest absolute Gasteiger partial charge is 1.00 e. The molecule has 0 amide bonds. The molecule has 0 unspecified atom stereocenters. The van der Waals surface area contributed by atoms with Gasteiger partial charge in [-0.25, -0.2) is 0 Å². The average molecular weight is 859 g/mol. The SMILES string of the molecule is FC(F)(F)C(F)(F)C(F)(F)C(F)(F)C(F)(F)C(F)(F)C(F)(F)C(F)(F)C(F)(F)C(F)(F)C(F)(F)C(F)(F)[N+](C(F)(F)F)(C(F)(F)F)C(F)(F)F.[F-]. The first-order valence-corrected chi connectivity index (χ1v) is 10.1. The molecule has 0 aromatic rings. The lowest BCUT2D eigenvalue weighted by atomic mass is 9.85. The van der Waals surface area contributed by atoms with Gasteiger partial charge in [0.2, 0.25) is 0 Å². The van der Waals surface area contributed by atoms with Crippen molar-refractivity contribution in [1.29, 1.82) is 0 Å². The van der Waals surface area contributed by atoms with Crippen LogP contribution in [0.2, 0.25) is 0 Å². The van der Waals surface area contributed by atoms with Crippen molar-refractivity contribution in [2.24, 2.45) is 0 Å². The van der Waals surface area contributed by atoms with Crippen molar-refractivity contribution < 1.29 is 158 Å². The Morgan fingerprint density at radius 3 is 0.471 bits per heavy atom. The lowest BCUT2D eigenvalue weighted by Gasteiger charge is -2.48. The van der Waals surface area contributed by atoms with E-state index in [1.54, 1.807) is 0 Å². The summed E-state index contributed by atoms with van der Waals surface area (Å²) in [4.78, 5) is 0. The Balaban J connectivity index is 0. The predicted octanol–water partition coefficient (Wildman–Crippen LogP) is 7.87. The maximum Gasteiger partial charge on any atom is 0.581 e. The zero-order valence-corrected chi connectivity index (χ0v) is 21.2. The summed E-state index contributed by atoms with van der Waals surface area (Å²) < 4.78 is 439. The van der Waals surface area contributed by atoms with Gasteiger partial charge in [0.05, 0.1) is 0 Å². The van der Waals surface area contributed by atoms with Crippen molar-refractivity contribution in [2.75, 3.05) is 0 Å². The molecule has 0 aliphatic carbocycles. The van der Waals surface area contributed by atoms with E-state index in [0.717, 1.165) is 0 Å². The van der Waals surface area contributed by atoms with Crippen LogP contribution < -0.4 is 4.70 Å². The minimum absolute atomic E-state index is 0. The smallest absolute Gasteiger partial charge is 0.581 e. The van der Waals surface area contributed by atoms with Gasteiger partial charge >= 0.3 is 90.3 Å². The van der Waals surface area contributed by atoms with Crippen molar-refractivity contribution >= 4 is 0 Å². The molecule has 0 saturated carbocycles. The zero-order chi connectivity index (χ0) is 42.0. The maximum atomic E-state index is 13.8. The van der Waals surface area contributed by atoms with Crippen LogP contribution in [0.25, 0.3) is 0 Å². The summed E-state index contributed by atoms with van der Waals surface area (Å²) >= 11 is 0. The van der Waals surface area contributed by atoms with Crippen LogP contribution in [-0.4, -0.2) is 94.8 Å². The predicted molar refractivity (Wildman–Crippen MR) is 78.9 cm³/mol. The number of alkyl halides is 34. The van der Waals surface area contributed by atoms with Crippen LogP contribution in [0.5, 0.6) is 0 Å². The molecule has 1 nitrogen and oxygen atoms in total. The van der Waals surface area contributed by atoms with Gasteiger partial charge in [-0.1, -0.05) is 0 Å². The number of hydrogen-bond donors (Lipinski definition) is 0. The molecule has 0 N–H and O–H groups in total. The van der Waals surface area contributed by atoms with Gasteiger partial charge in [-0.2, -0.15) is 101 Å². The minimum atomic E-state index is -10.4. The second-order valence-electron chi connectivity index (χ2n) is 8.86. The first-order valence-electron chi connectivity index (χ1n) is 10.1. The molecular formula is C15F35N. The van der Waals surface area contributed by atoms with Crippen LogP contribution in [0, 0.1) is 0 Å². The molecule has 0 aromatic heterocycles. The van der Waals surface area contributed by atoms with E-state index in [1.165, 1.54) is 0 Å². The summed E-state index contributed by atoms with van der Waals surface area (Å²) in [7, 11) is 0. The van der Waals surface area contributed by atoms with E-state index in [1.807, 2.05) is 0 Å². The van der Waals surface area contributed by atoms with Crippen LogP contribution >= 0.6 is 0 Å². The Kier molecular flexibility index (Phi) is 11.7. The van der Waals surface area contributed by atoms with Crippen LogP contribution in [0.1, 0.15) is 0 Å². The molecule has 0 bridgehead atoms. The van der Waals surface area contributed by atoms with E-state index in [-0.39, 0.29) is 4.70 Å². The third-order valence-corrected chi connectivity index (χ3v) is 5.85. The second kappa shape index (κ2) is 11.8. The normalized spacial score (nSPS) is 17.1. The van der Waals surface area contributed by atoms with Gasteiger partial charge in [0.25, 0.3) is 0 Å². The number of hydrogen-bond acceptors (Lipinski definition) is 0. The Hall–Kier alpha value is -2.49. The van der Waals surface area contributed by atoms with Gasteiger partial charge in [-0.3, -0.25) is 0 Å². The summed E-state index contributed by atoms with van der Waals surface area (Å²) in [5, 5.41) is 0. The molecule has 0 saturated heterocycles. The summed E-state index contributed by atoms with van der Waals surface area (Å²) in [5.41, 5.74) is 0. The summed E-state index contributed by atoms with van der Waals surface area (Å²) in [6.07, 6.45) is -36.6. The molecule has 0 aliphatic rings. The Morgan fingerprint density at radius 1 is 0.196 bits per heavy atom. The average Bonchev–Trinajstić information content (AvgIpc) is 2.78. The van der Waals surface area contributed by atoms with E-state index in [2.05, 4.69) is 0 Å². The third-order valence-electron chi connectivity index (χ3n) is 5.85. The quantitative estimate of drug-likeness (QED) is 0.113. The lowest BCUT2D eigenvalue weighted by molar-refractivity contribution is -1.22. The minimum Gasteiger partial charge on any atom is -1.00 e. The summed E-state index contributed by atoms with van der Waals surface area (Å²) in [6, 6.07) is -10.4. The van der Waals surface area contributed by atoms with E-state index in [4.69, 9.17) is 0 Å². The first kappa shape index (κ1) is 50.6. The van der Waals surface area contributed by atoms with Crippen LogP contribution in [0.4, 0.5) is 149 Å². The molecule has 310 valence electrons. The number of nitrogens with zero attached hydrogens (tertiary/aromatic N) is 1. The maximum absolute atomic E-state index is 13.8. The van der Waals surface area contributed by atoms with E-state index < -0.39 is 94.8 Å². The molecule has 0 aromatic carbocycles. The highest BCUT2D eigenvalue weighted by Crippen LogP contribution is 2.70. The summed E-state index contributed by atoms with van der Waals surface area (Å²) in [6.45, 7) is 0. The molecule has 0 spiro atoms. The van der Waals surface area contributed by atoms with Crippen LogP contribution in [0.3, 0.4) is 0 Å². The summed E-state index contributed by atoms with van der Waals surface area (Å²) in [5.74, 6) is -100.0. The standard InChI is InChI=1S/C15F34N.FH/c16-1(17,3(20,21)5(24,25)7(28,29)9(32,33)11(36,37)38)2(18,19)4(22,23)6(26,27)8(30,31)10(34,35)12(39,40)50(13(41,42)43,14(44,45)46)15(47,48)49;/h;1H/q+1;/p-1. The van der Waals surface area contributed by atoms with E-state index in [0.29, 0.717) is 0 Å². The van der Waals surface area contributed by atoms with Crippen molar-refractivity contribution in [1.82, 2.24) is 0 Å². The highest BCUT2D eigenvalue weighted by Gasteiger charge is 3.05. The van der Waals surface area contributed by atoms with Gasteiger partial charge in [0.1, 0.15) is 0 Å². The van der Waals surface area contributed by atoms with Crippen LogP contribution in [0.15, 0.2) is 0 Å². The first-order chi connectivity index (χ1) is 20.8. The fourth-order valence-electron chi connectivity index (χ4n) is 3.06. The molecule has 0 fully saturated rings. The highest BCUT2D eigenvalue weighted by molar-refractivity contribution is 5.19. The molecule has 0 radical (unpaired) electrons. The number of halogens is 35. The second-order valence-corrected chi connectivity index (χ2v) is 8.86. The molecule has 51 heavy (non-hydrogen) atoms. The van der Waals surface area contributed by atoms with Gasteiger partial charge in [-0.05, 0) is 0 Å². The molecule has 36 heteroatoms. The lowest BCUT2D eigenvalue weighted by Crippen LogP contribution is -3.00. The number of rotatable bonds is 11. The van der Waals surface area contributed by atoms with Gasteiger partial charge in [0.15, 0.2) is 0 Å². The molecular weight excluding hydrogens is 859 g/mol. The van der Waals surface area contributed by atoms with Gasteiger partial charge in [0, 0.05) is 4.48 Å². The van der Waals surface area contributed by atoms with Gasteiger partial charge < -0.3 is 4.70 Å². The van der Waals surface area contributed by atoms with Crippen molar-refractivity contribution in [2.45, 2.75) is 90.3 Å². The highest BCUT2D eigenvalue weighted by atomic mass is 19.5. The topological polar surface area (TPSA) is 0 Å². The Bertz CT molecular complexity index is 1200. The number of quaternary nitrogens is 1. The van der Waals surface area contributed by atoms with Crippen molar-refractivity contribution in [3.63, 3.8) is 0 Å². The molecule has 0 atom stereocenters. The fourth-order valence-corrected chi connectivity index (χ4v) is 3.06. The van der Waals surface area contributed by atoms with Crippen LogP contribution in [-0.2, 0) is 0 Å². The van der Waals surface area contributed by atoms with Crippen molar-refractivity contribution in [3.8, 4) is 0 Å². The van der Waals surface area contributed by atoms with Gasteiger partial charge in [-0.15, -0.1) is 48.3 Å². The monoisotopic (exact) mass is 859 g/mol. The Morgan fingerprint density at radius 2 is 0.333 bits per heavy atom. The van der Waals surface area contributed by atoms with E-state index in [9.17, 15) is 149 Å². The molecule has 0 rings (SSSR count). The molecule has 0 heterocycles.